The summed E-state index contributed by atoms with van der Waals surface area (Å²) in [5, 5.41) is 30.9. The van der Waals surface area contributed by atoms with Gasteiger partial charge in [-0.05, 0) is 29.8 Å². The van der Waals surface area contributed by atoms with E-state index in [2.05, 4.69) is 0 Å². The number of hydrogen-bond donors (Lipinski definition) is 3. The van der Waals surface area contributed by atoms with Gasteiger partial charge in [0, 0.05) is 17.8 Å². The Hall–Kier alpha value is -2.97. The van der Waals surface area contributed by atoms with Crippen LogP contribution in [0.15, 0.2) is 54.6 Å². The Kier molecular flexibility index (Phi) is 5.46. The summed E-state index contributed by atoms with van der Waals surface area (Å²) in [7, 11) is 0. The van der Waals surface area contributed by atoms with E-state index >= 15 is 0 Å². The van der Waals surface area contributed by atoms with Crippen molar-refractivity contribution >= 4 is 17.4 Å². The molecule has 0 aliphatic heterocycles. The molecule has 2 atom stereocenters. The second kappa shape index (κ2) is 7.53. The Morgan fingerprint density at radius 2 is 1.75 bits per heavy atom. The van der Waals surface area contributed by atoms with Gasteiger partial charge in [0.15, 0.2) is 0 Å². The predicted molar refractivity (Wildman–Crippen MR) is 87.4 cm³/mol. The summed E-state index contributed by atoms with van der Waals surface area (Å²) < 4.78 is 0. The van der Waals surface area contributed by atoms with Gasteiger partial charge in [0.1, 0.15) is 6.10 Å². The first-order valence-electron chi connectivity index (χ1n) is 7.12. The van der Waals surface area contributed by atoms with Gasteiger partial charge in [-0.15, -0.1) is 0 Å². The molecule has 2 unspecified atom stereocenters. The third-order valence-electron chi connectivity index (χ3n) is 3.60. The highest BCUT2D eigenvalue weighted by Gasteiger charge is 2.30. The lowest BCUT2D eigenvalue weighted by Gasteiger charge is -2.32. The Labute approximate surface area is 137 Å². The third-order valence-corrected chi connectivity index (χ3v) is 3.60. The minimum absolute atomic E-state index is 0.124. The van der Waals surface area contributed by atoms with E-state index in [1.54, 1.807) is 30.3 Å². The molecule has 0 bridgehead atoms. The summed E-state index contributed by atoms with van der Waals surface area (Å²) in [5.74, 6) is 0. The number of aliphatic hydroxyl groups excluding tert-OH is 2. The fourth-order valence-electron chi connectivity index (χ4n) is 2.41. The number of nitrogens with two attached hydrogens (primary N) is 1. The van der Waals surface area contributed by atoms with Gasteiger partial charge >= 0.3 is 6.03 Å². The quantitative estimate of drug-likeness (QED) is 0.546. The van der Waals surface area contributed by atoms with Crippen molar-refractivity contribution in [3.8, 4) is 0 Å². The molecule has 8 nitrogen and oxygen atoms in total. The lowest BCUT2D eigenvalue weighted by Crippen LogP contribution is -2.48. The van der Waals surface area contributed by atoms with Gasteiger partial charge in [-0.1, -0.05) is 18.2 Å². The zero-order chi connectivity index (χ0) is 17.7. The number of primary amides is 1. The van der Waals surface area contributed by atoms with E-state index in [9.17, 15) is 25.1 Å². The third kappa shape index (κ3) is 3.67. The highest BCUT2D eigenvalue weighted by molar-refractivity contribution is 5.91. The number of rotatable bonds is 6. The summed E-state index contributed by atoms with van der Waals surface area (Å²) in [6.45, 7) is -0.546. The molecule has 4 N–H and O–H groups in total. The molecule has 0 radical (unpaired) electrons. The SMILES string of the molecule is NC(=O)N(c1ccccc1)C(CO)C(O)c1ccc([N+](=O)[O-])cc1. The maximum Gasteiger partial charge on any atom is 0.319 e. The average Bonchev–Trinajstić information content (AvgIpc) is 2.59. The van der Waals surface area contributed by atoms with Crippen molar-refractivity contribution in [2.24, 2.45) is 5.73 Å². The van der Waals surface area contributed by atoms with Crippen LogP contribution in [0, 0.1) is 10.1 Å². The van der Waals surface area contributed by atoms with Crippen LogP contribution in [-0.2, 0) is 0 Å². The smallest absolute Gasteiger partial charge is 0.319 e. The molecule has 24 heavy (non-hydrogen) atoms. The number of para-hydroxylation sites is 1. The van der Waals surface area contributed by atoms with Gasteiger partial charge < -0.3 is 15.9 Å². The Bertz CT molecular complexity index is 705. The molecule has 0 fully saturated rings. The summed E-state index contributed by atoms with van der Waals surface area (Å²) in [6.07, 6.45) is -1.27. The normalized spacial score (nSPS) is 13.1. The fourth-order valence-corrected chi connectivity index (χ4v) is 2.41. The van der Waals surface area contributed by atoms with E-state index in [-0.39, 0.29) is 5.69 Å². The second-order valence-electron chi connectivity index (χ2n) is 5.09. The van der Waals surface area contributed by atoms with Crippen molar-refractivity contribution in [1.29, 1.82) is 0 Å². The first kappa shape index (κ1) is 17.4. The molecule has 0 spiro atoms. The number of nitrogens with zero attached hydrogens (tertiary/aromatic N) is 2. The number of urea groups is 1. The molecule has 0 saturated carbocycles. The number of benzene rings is 2. The monoisotopic (exact) mass is 331 g/mol. The van der Waals surface area contributed by atoms with E-state index in [1.165, 1.54) is 24.3 Å². The molecule has 126 valence electrons. The van der Waals surface area contributed by atoms with Gasteiger partial charge in [-0.2, -0.15) is 0 Å². The van der Waals surface area contributed by atoms with Gasteiger partial charge in [-0.25, -0.2) is 4.79 Å². The van der Waals surface area contributed by atoms with Crippen LogP contribution in [0.25, 0.3) is 0 Å². The van der Waals surface area contributed by atoms with Crippen molar-refractivity contribution in [3.05, 3.63) is 70.3 Å². The number of nitro benzene ring substituents is 1. The molecule has 2 rings (SSSR count). The highest BCUT2D eigenvalue weighted by Crippen LogP contribution is 2.27. The zero-order valence-corrected chi connectivity index (χ0v) is 12.6. The molecular weight excluding hydrogens is 314 g/mol. The molecule has 8 heteroatoms. The lowest BCUT2D eigenvalue weighted by atomic mass is 10.0. The topological polar surface area (TPSA) is 130 Å². The molecule has 2 amide bonds. The van der Waals surface area contributed by atoms with Crippen LogP contribution in [0.3, 0.4) is 0 Å². The van der Waals surface area contributed by atoms with E-state index in [1.807, 2.05) is 0 Å². The number of hydrogen-bond acceptors (Lipinski definition) is 5. The molecule has 0 heterocycles. The molecule has 0 aromatic heterocycles. The average molecular weight is 331 g/mol. The van der Waals surface area contributed by atoms with E-state index in [0.29, 0.717) is 11.3 Å². The molecule has 0 aliphatic rings. The molecule has 2 aromatic carbocycles. The number of carbonyl (C=O) groups excluding carboxylic acids is 1. The van der Waals surface area contributed by atoms with Crippen LogP contribution in [0.4, 0.5) is 16.2 Å². The lowest BCUT2D eigenvalue weighted by molar-refractivity contribution is -0.384. The summed E-state index contributed by atoms with van der Waals surface area (Å²) >= 11 is 0. The Balaban J connectivity index is 2.33. The van der Waals surface area contributed by atoms with E-state index in [4.69, 9.17) is 5.73 Å². The van der Waals surface area contributed by atoms with Crippen LogP contribution in [0.1, 0.15) is 11.7 Å². The number of anilines is 1. The minimum atomic E-state index is -1.27. The maximum absolute atomic E-state index is 11.8. The number of amides is 2. The number of carbonyl (C=O) groups is 1. The van der Waals surface area contributed by atoms with Crippen LogP contribution in [0.5, 0.6) is 0 Å². The van der Waals surface area contributed by atoms with Gasteiger partial charge in [0.05, 0.1) is 17.6 Å². The summed E-state index contributed by atoms with van der Waals surface area (Å²) in [5.41, 5.74) is 6.02. The molecule has 0 saturated heterocycles. The van der Waals surface area contributed by atoms with Crippen molar-refractivity contribution in [2.45, 2.75) is 12.1 Å². The second-order valence-corrected chi connectivity index (χ2v) is 5.09. The summed E-state index contributed by atoms with van der Waals surface area (Å²) in [4.78, 5) is 23.0. The van der Waals surface area contributed by atoms with Crippen molar-refractivity contribution in [2.75, 3.05) is 11.5 Å². The van der Waals surface area contributed by atoms with Crippen molar-refractivity contribution in [1.82, 2.24) is 0 Å². The van der Waals surface area contributed by atoms with E-state index in [0.717, 1.165) is 4.90 Å². The Morgan fingerprint density at radius 1 is 1.17 bits per heavy atom. The van der Waals surface area contributed by atoms with Crippen LogP contribution >= 0.6 is 0 Å². The highest BCUT2D eigenvalue weighted by atomic mass is 16.6. The largest absolute Gasteiger partial charge is 0.394 e. The predicted octanol–water partition coefficient (Wildman–Crippen LogP) is 1.57. The first-order valence-corrected chi connectivity index (χ1v) is 7.12. The Morgan fingerprint density at radius 3 is 2.21 bits per heavy atom. The maximum atomic E-state index is 11.8. The molecular formula is C16H17N3O5. The van der Waals surface area contributed by atoms with Crippen LogP contribution in [-0.4, -0.2) is 33.8 Å². The fraction of sp³-hybridized carbons (Fsp3) is 0.188. The molecule has 0 aliphatic carbocycles. The van der Waals surface area contributed by atoms with Crippen molar-refractivity contribution in [3.63, 3.8) is 0 Å². The number of aliphatic hydroxyl groups is 2. The van der Waals surface area contributed by atoms with E-state index < -0.39 is 29.7 Å². The van der Waals surface area contributed by atoms with Gasteiger partial charge in [-0.3, -0.25) is 15.0 Å². The van der Waals surface area contributed by atoms with Crippen molar-refractivity contribution < 1.29 is 19.9 Å². The zero-order valence-electron chi connectivity index (χ0n) is 12.6. The van der Waals surface area contributed by atoms with Gasteiger partial charge in [0.25, 0.3) is 5.69 Å². The molecule has 2 aromatic rings. The van der Waals surface area contributed by atoms with Gasteiger partial charge in [0.2, 0.25) is 0 Å². The number of nitro groups is 1. The minimum Gasteiger partial charge on any atom is -0.394 e. The van der Waals surface area contributed by atoms with Crippen LogP contribution in [0.2, 0.25) is 0 Å². The standard InChI is InChI=1S/C16H17N3O5/c17-16(22)18(12-4-2-1-3-5-12)14(10-20)15(21)11-6-8-13(9-7-11)19(23)24/h1-9,14-15,20-21H,10H2,(H2,17,22). The van der Waals surface area contributed by atoms with Crippen LogP contribution < -0.4 is 10.6 Å². The first-order chi connectivity index (χ1) is 11.5. The summed E-state index contributed by atoms with van der Waals surface area (Å²) in [6, 6.07) is 11.7. The number of non-ortho nitro benzene ring substituents is 1.